The first-order chi connectivity index (χ1) is 15.5. The Labute approximate surface area is 191 Å². The summed E-state index contributed by atoms with van der Waals surface area (Å²) in [5.74, 6) is -0.0795. The van der Waals surface area contributed by atoms with E-state index < -0.39 is 30.1 Å². The van der Waals surface area contributed by atoms with Crippen molar-refractivity contribution in [3.05, 3.63) is 12.2 Å². The monoisotopic (exact) mass is 464 g/mol. The minimum Gasteiger partial charge on any atom is -0.478 e. The summed E-state index contributed by atoms with van der Waals surface area (Å²) in [4.78, 5) is 20.2. The third kappa shape index (κ3) is 5.76. The molecular formula is C21H32N6O4S. The van der Waals surface area contributed by atoms with E-state index >= 15 is 0 Å². The summed E-state index contributed by atoms with van der Waals surface area (Å²) in [5, 5.41) is 42.4. The molecule has 1 aliphatic carbocycles. The molecule has 0 radical (unpaired) electrons. The van der Waals surface area contributed by atoms with Gasteiger partial charge in [0.1, 0.15) is 6.10 Å². The van der Waals surface area contributed by atoms with Crippen molar-refractivity contribution in [2.24, 2.45) is 5.92 Å². The van der Waals surface area contributed by atoms with Gasteiger partial charge in [0.05, 0.1) is 12.1 Å². The number of hydrogen-bond acceptors (Lipinski definition) is 9. The van der Waals surface area contributed by atoms with Crippen molar-refractivity contribution in [1.82, 2.24) is 25.0 Å². The van der Waals surface area contributed by atoms with E-state index in [1.807, 2.05) is 0 Å². The van der Waals surface area contributed by atoms with Crippen LogP contribution in [0.5, 0.6) is 0 Å². The number of unbranched alkanes of at least 4 members (excludes halogenated alkanes) is 3. The highest BCUT2D eigenvalue weighted by molar-refractivity contribution is 7.99. The number of carboxylic acids is 1. The molecule has 1 aliphatic rings. The smallest absolute Gasteiger partial charge is 0.327 e. The second-order valence-electron chi connectivity index (χ2n) is 8.04. The van der Waals surface area contributed by atoms with Gasteiger partial charge in [-0.1, -0.05) is 56.2 Å². The lowest BCUT2D eigenvalue weighted by molar-refractivity contribution is -0.131. The van der Waals surface area contributed by atoms with Gasteiger partial charge >= 0.3 is 5.97 Å². The van der Waals surface area contributed by atoms with E-state index in [1.165, 1.54) is 6.08 Å². The molecule has 0 aliphatic heterocycles. The average Bonchev–Trinajstić information content (AvgIpc) is 3.31. The van der Waals surface area contributed by atoms with Crippen molar-refractivity contribution in [2.45, 2.75) is 75.8 Å². The quantitative estimate of drug-likeness (QED) is 0.160. The zero-order valence-corrected chi connectivity index (χ0v) is 19.3. The predicted octanol–water partition coefficient (Wildman–Crippen LogP) is 2.64. The highest BCUT2D eigenvalue weighted by Gasteiger charge is 2.43. The molecule has 0 amide bonds. The number of nitrogens with one attached hydrogen (secondary N) is 1. The third-order valence-electron chi connectivity index (χ3n) is 5.60. The molecule has 0 bridgehead atoms. The Kier molecular flexibility index (Phi) is 8.83. The maximum absolute atomic E-state index is 10.9. The largest absolute Gasteiger partial charge is 0.478 e. The molecule has 3 rings (SSSR count). The molecule has 1 fully saturated rings. The Hall–Kier alpha value is -2.24. The van der Waals surface area contributed by atoms with Crippen LogP contribution in [0.15, 0.2) is 17.3 Å². The number of carboxylic acid groups (broad SMARTS) is 1. The molecule has 32 heavy (non-hydrogen) atoms. The fraction of sp³-hybridized carbons (Fsp3) is 0.667. The van der Waals surface area contributed by atoms with Gasteiger partial charge < -0.3 is 20.6 Å². The molecule has 2 heterocycles. The summed E-state index contributed by atoms with van der Waals surface area (Å²) in [7, 11) is 0. The minimum atomic E-state index is -1.12. The molecule has 0 saturated heterocycles. The Morgan fingerprint density at radius 2 is 1.97 bits per heavy atom. The molecule has 1 saturated carbocycles. The van der Waals surface area contributed by atoms with Gasteiger partial charge in [0.25, 0.3) is 0 Å². The maximum atomic E-state index is 10.9. The first-order valence-electron chi connectivity index (χ1n) is 11.2. The van der Waals surface area contributed by atoms with Crippen molar-refractivity contribution < 1.29 is 20.1 Å². The van der Waals surface area contributed by atoms with E-state index in [0.29, 0.717) is 28.6 Å². The molecule has 4 atom stereocenters. The molecule has 11 heteroatoms. The second kappa shape index (κ2) is 11.6. The van der Waals surface area contributed by atoms with Crippen LogP contribution < -0.4 is 5.32 Å². The van der Waals surface area contributed by atoms with Gasteiger partial charge in [-0.05, 0) is 19.3 Å². The van der Waals surface area contributed by atoms with Crippen LogP contribution in [-0.4, -0.2) is 70.8 Å². The SMILES string of the molecule is CCCCCSc1nc(NCCCC)c2nnn([C@@H]3C[C@H](/C=C/C(=O)O)[C@@H](O)[C@H]3O)c2n1. The normalized spacial score (nSPS) is 23.4. The Morgan fingerprint density at radius 1 is 1.19 bits per heavy atom. The summed E-state index contributed by atoms with van der Waals surface area (Å²) in [6.45, 7) is 5.03. The highest BCUT2D eigenvalue weighted by Crippen LogP contribution is 2.37. The van der Waals surface area contributed by atoms with Gasteiger partial charge in [0.15, 0.2) is 22.1 Å². The number of aliphatic hydroxyl groups is 2. The molecule has 0 unspecified atom stereocenters. The number of nitrogens with zero attached hydrogens (tertiary/aromatic N) is 5. The number of aliphatic carboxylic acids is 1. The maximum Gasteiger partial charge on any atom is 0.327 e. The number of anilines is 1. The summed E-state index contributed by atoms with van der Waals surface area (Å²) in [6, 6.07) is -0.574. The summed E-state index contributed by atoms with van der Waals surface area (Å²) in [5.41, 5.74) is 1.02. The molecule has 2 aromatic rings. The summed E-state index contributed by atoms with van der Waals surface area (Å²) < 4.78 is 1.54. The Bertz CT molecular complexity index is 936. The lowest BCUT2D eigenvalue weighted by Crippen LogP contribution is -2.29. The number of fused-ring (bicyclic) bond motifs is 1. The zero-order chi connectivity index (χ0) is 23.1. The van der Waals surface area contributed by atoms with Crippen molar-refractivity contribution in [2.75, 3.05) is 17.6 Å². The zero-order valence-electron chi connectivity index (χ0n) is 18.5. The van der Waals surface area contributed by atoms with Gasteiger partial charge in [-0.2, -0.15) is 0 Å². The first-order valence-corrected chi connectivity index (χ1v) is 12.2. The van der Waals surface area contributed by atoms with Crippen LogP contribution in [0.4, 0.5) is 5.82 Å². The standard InChI is InChI=1S/C21H32N6O4S/c1-3-5-7-11-32-21-23-19(22-10-6-4-2)16-20(24-21)27(26-25-16)14-12-13(8-9-15(28)29)17(30)18(14)31/h8-9,13-14,17-18,30-31H,3-7,10-12H2,1-2H3,(H,28,29)(H,22,23,24)/b9-8+/t13-,14+,17+,18-/m0/s1. The molecule has 4 N–H and O–H groups in total. The lowest BCUT2D eigenvalue weighted by atomic mass is 10.1. The summed E-state index contributed by atoms with van der Waals surface area (Å²) >= 11 is 1.58. The van der Waals surface area contributed by atoms with E-state index in [2.05, 4.69) is 39.4 Å². The number of thioether (sulfide) groups is 1. The molecule has 2 aromatic heterocycles. The molecule has 0 spiro atoms. The lowest BCUT2D eigenvalue weighted by Gasteiger charge is -2.17. The van der Waals surface area contributed by atoms with Crippen molar-refractivity contribution in [3.63, 3.8) is 0 Å². The summed E-state index contributed by atoms with van der Waals surface area (Å²) in [6.07, 6.45) is 5.91. The van der Waals surface area contributed by atoms with E-state index in [0.717, 1.165) is 50.5 Å². The Morgan fingerprint density at radius 3 is 2.69 bits per heavy atom. The van der Waals surface area contributed by atoms with Gasteiger partial charge in [-0.3, -0.25) is 0 Å². The molecular weight excluding hydrogens is 432 g/mol. The minimum absolute atomic E-state index is 0.326. The number of rotatable bonds is 12. The predicted molar refractivity (Wildman–Crippen MR) is 123 cm³/mol. The van der Waals surface area contributed by atoms with Crippen LogP contribution in [0.3, 0.4) is 0 Å². The number of aliphatic hydroxyl groups excluding tert-OH is 2. The van der Waals surface area contributed by atoms with Crippen molar-refractivity contribution >= 4 is 34.7 Å². The van der Waals surface area contributed by atoms with Crippen molar-refractivity contribution in [3.8, 4) is 0 Å². The highest BCUT2D eigenvalue weighted by atomic mass is 32.2. The topological polar surface area (TPSA) is 146 Å². The number of hydrogen-bond donors (Lipinski definition) is 4. The molecule has 0 aromatic carbocycles. The number of carbonyl (C=O) groups is 1. The third-order valence-corrected chi connectivity index (χ3v) is 6.54. The van der Waals surface area contributed by atoms with Crippen molar-refractivity contribution in [1.29, 1.82) is 0 Å². The van der Waals surface area contributed by atoms with Crippen LogP contribution in [0.25, 0.3) is 11.2 Å². The van der Waals surface area contributed by atoms with Gasteiger partial charge in [-0.25, -0.2) is 19.4 Å². The van der Waals surface area contributed by atoms with Crippen LogP contribution in [0, 0.1) is 5.92 Å². The first kappa shape index (κ1) is 24.4. The molecule has 176 valence electrons. The van der Waals surface area contributed by atoms with Gasteiger partial charge in [-0.15, -0.1) is 5.10 Å². The van der Waals surface area contributed by atoms with E-state index in [-0.39, 0.29) is 0 Å². The molecule has 10 nitrogen and oxygen atoms in total. The van der Waals surface area contributed by atoms with Crippen LogP contribution in [0.1, 0.15) is 58.4 Å². The van der Waals surface area contributed by atoms with E-state index in [9.17, 15) is 15.0 Å². The van der Waals surface area contributed by atoms with E-state index in [1.54, 1.807) is 16.4 Å². The van der Waals surface area contributed by atoms with E-state index in [4.69, 9.17) is 5.11 Å². The fourth-order valence-electron chi connectivity index (χ4n) is 3.80. The second-order valence-corrected chi connectivity index (χ2v) is 9.10. The van der Waals surface area contributed by atoms with Crippen LogP contribution >= 0.6 is 11.8 Å². The average molecular weight is 465 g/mol. The van der Waals surface area contributed by atoms with Crippen LogP contribution in [-0.2, 0) is 4.79 Å². The van der Waals surface area contributed by atoms with Gasteiger partial charge in [0.2, 0.25) is 0 Å². The Balaban J connectivity index is 1.91. The van der Waals surface area contributed by atoms with Crippen LogP contribution in [0.2, 0.25) is 0 Å². The van der Waals surface area contributed by atoms with Gasteiger partial charge in [0, 0.05) is 24.3 Å². The fourth-order valence-corrected chi connectivity index (χ4v) is 4.64. The number of aromatic nitrogens is 5.